The minimum absolute atomic E-state index is 0.0938. The van der Waals surface area contributed by atoms with Crippen LogP contribution in [0.15, 0.2) is 29.1 Å². The molecule has 0 aliphatic rings. The highest BCUT2D eigenvalue weighted by Gasteiger charge is 2.03. The molecule has 0 aliphatic carbocycles. The van der Waals surface area contributed by atoms with Crippen LogP contribution in [0.3, 0.4) is 0 Å². The van der Waals surface area contributed by atoms with Crippen molar-refractivity contribution in [1.82, 2.24) is 0 Å². The lowest BCUT2D eigenvalue weighted by atomic mass is 10.0. The van der Waals surface area contributed by atoms with Gasteiger partial charge in [0.05, 0.1) is 5.69 Å². The summed E-state index contributed by atoms with van der Waals surface area (Å²) >= 11 is 0. The first-order chi connectivity index (χ1) is 5.63. The monoisotopic (exact) mass is 163 g/mol. The van der Waals surface area contributed by atoms with Crippen LogP contribution < -0.4 is 11.2 Å². The molecule has 0 aromatic heterocycles. The molecule has 2 heteroatoms. The van der Waals surface area contributed by atoms with Gasteiger partial charge in [-0.3, -0.25) is 4.79 Å². The van der Waals surface area contributed by atoms with Crippen LogP contribution in [0.5, 0.6) is 0 Å². The Morgan fingerprint density at radius 1 is 1.25 bits per heavy atom. The number of hydrogen-bond acceptors (Lipinski definition) is 2. The summed E-state index contributed by atoms with van der Waals surface area (Å²) in [5.74, 6) is 0.296. The predicted molar refractivity (Wildman–Crippen MR) is 51.2 cm³/mol. The highest BCUT2D eigenvalue weighted by Crippen LogP contribution is 2.16. The van der Waals surface area contributed by atoms with Crippen LogP contribution in [0, 0.1) is 0 Å². The second-order valence-electron chi connectivity index (χ2n) is 3.11. The predicted octanol–water partition coefficient (Wildman–Crippen LogP) is 1.75. The molecule has 0 saturated heterocycles. The molecular formula is C10H13NO. The topological polar surface area (TPSA) is 43.1 Å². The molecule has 1 aromatic carbocycles. The zero-order chi connectivity index (χ0) is 9.14. The molecule has 0 atom stereocenters. The zero-order valence-electron chi connectivity index (χ0n) is 7.37. The number of nitrogen functional groups attached to an aromatic ring is 1. The molecule has 1 rings (SSSR count). The Labute approximate surface area is 72.0 Å². The second-order valence-corrected chi connectivity index (χ2v) is 3.11. The summed E-state index contributed by atoms with van der Waals surface area (Å²) in [6.45, 7) is 4.04. The molecule has 0 saturated carbocycles. The molecule has 0 aliphatic heterocycles. The normalized spacial score (nSPS) is 10.2. The van der Waals surface area contributed by atoms with E-state index in [1.807, 2.05) is 26.0 Å². The van der Waals surface area contributed by atoms with Crippen molar-refractivity contribution in [3.05, 3.63) is 40.1 Å². The fourth-order valence-corrected chi connectivity index (χ4v) is 1.13. The first-order valence-corrected chi connectivity index (χ1v) is 4.01. The Kier molecular flexibility index (Phi) is 2.48. The molecule has 12 heavy (non-hydrogen) atoms. The van der Waals surface area contributed by atoms with E-state index in [0.717, 1.165) is 5.56 Å². The molecule has 2 N–H and O–H groups in total. The van der Waals surface area contributed by atoms with Gasteiger partial charge >= 0.3 is 0 Å². The molecule has 0 fully saturated rings. The van der Waals surface area contributed by atoms with E-state index >= 15 is 0 Å². The third-order valence-corrected chi connectivity index (χ3v) is 1.83. The van der Waals surface area contributed by atoms with Crippen molar-refractivity contribution < 1.29 is 0 Å². The van der Waals surface area contributed by atoms with Crippen molar-refractivity contribution >= 4 is 5.69 Å². The smallest absolute Gasteiger partial charge is 0.201 e. The van der Waals surface area contributed by atoms with E-state index in [2.05, 4.69) is 0 Å². The van der Waals surface area contributed by atoms with E-state index in [9.17, 15) is 4.79 Å². The van der Waals surface area contributed by atoms with Gasteiger partial charge in [0.25, 0.3) is 0 Å². The molecule has 0 spiro atoms. The van der Waals surface area contributed by atoms with Gasteiger partial charge in [-0.2, -0.15) is 0 Å². The fourth-order valence-electron chi connectivity index (χ4n) is 1.13. The van der Waals surface area contributed by atoms with Gasteiger partial charge in [-0.1, -0.05) is 32.0 Å². The number of nitrogens with two attached hydrogens (primary N) is 1. The van der Waals surface area contributed by atoms with Gasteiger partial charge in [-0.25, -0.2) is 0 Å². The summed E-state index contributed by atoms with van der Waals surface area (Å²) < 4.78 is 0. The zero-order valence-corrected chi connectivity index (χ0v) is 7.37. The Hall–Kier alpha value is -1.31. The van der Waals surface area contributed by atoms with Crippen LogP contribution in [0.2, 0.25) is 0 Å². The van der Waals surface area contributed by atoms with E-state index in [4.69, 9.17) is 5.73 Å². The van der Waals surface area contributed by atoms with Crippen molar-refractivity contribution in [2.24, 2.45) is 0 Å². The van der Waals surface area contributed by atoms with E-state index in [1.165, 1.54) is 6.07 Å². The molecule has 64 valence electrons. The molecule has 0 heterocycles. The number of rotatable bonds is 1. The van der Waals surface area contributed by atoms with Crippen LogP contribution in [-0.2, 0) is 0 Å². The van der Waals surface area contributed by atoms with Gasteiger partial charge < -0.3 is 5.73 Å². The molecule has 0 amide bonds. The van der Waals surface area contributed by atoms with Gasteiger partial charge in [0.15, 0.2) is 0 Å². The van der Waals surface area contributed by atoms with Gasteiger partial charge in [-0.15, -0.1) is 0 Å². The number of hydrogen-bond donors (Lipinski definition) is 1. The quantitative estimate of drug-likeness (QED) is 0.685. The van der Waals surface area contributed by atoms with Crippen molar-refractivity contribution in [3.63, 3.8) is 0 Å². The van der Waals surface area contributed by atoms with E-state index in [0.29, 0.717) is 11.6 Å². The van der Waals surface area contributed by atoms with Gasteiger partial charge in [0, 0.05) is 0 Å². The van der Waals surface area contributed by atoms with Crippen LogP contribution in [0.25, 0.3) is 0 Å². The summed E-state index contributed by atoms with van der Waals surface area (Å²) in [5, 5.41) is 0. The minimum Gasteiger partial charge on any atom is -0.395 e. The maximum absolute atomic E-state index is 11.2. The largest absolute Gasteiger partial charge is 0.395 e. The van der Waals surface area contributed by atoms with Gasteiger partial charge in [-0.05, 0) is 17.5 Å². The van der Waals surface area contributed by atoms with Crippen LogP contribution in [-0.4, -0.2) is 0 Å². The van der Waals surface area contributed by atoms with Crippen LogP contribution >= 0.6 is 0 Å². The summed E-state index contributed by atoms with van der Waals surface area (Å²) in [6, 6.07) is 6.93. The molecule has 2 nitrogen and oxygen atoms in total. The van der Waals surface area contributed by atoms with Crippen molar-refractivity contribution in [1.29, 1.82) is 0 Å². The van der Waals surface area contributed by atoms with Crippen molar-refractivity contribution in [3.8, 4) is 0 Å². The average Bonchev–Trinajstić information content (AvgIpc) is 2.15. The molecule has 0 unspecified atom stereocenters. The van der Waals surface area contributed by atoms with Gasteiger partial charge in [0.2, 0.25) is 5.43 Å². The first-order valence-electron chi connectivity index (χ1n) is 4.01. The number of anilines is 1. The van der Waals surface area contributed by atoms with Crippen LogP contribution in [0.1, 0.15) is 25.3 Å². The fraction of sp³-hybridized carbons (Fsp3) is 0.300. The lowest BCUT2D eigenvalue weighted by molar-refractivity contribution is 0.870. The maximum atomic E-state index is 11.2. The summed E-state index contributed by atoms with van der Waals surface area (Å²) in [6.07, 6.45) is 0. The third kappa shape index (κ3) is 1.64. The average molecular weight is 163 g/mol. The minimum atomic E-state index is -0.0938. The van der Waals surface area contributed by atoms with Crippen molar-refractivity contribution in [2.45, 2.75) is 19.8 Å². The van der Waals surface area contributed by atoms with Gasteiger partial charge in [0.1, 0.15) is 0 Å². The second kappa shape index (κ2) is 3.39. The highest BCUT2D eigenvalue weighted by molar-refractivity contribution is 5.46. The Balaban J connectivity index is 3.42. The lowest BCUT2D eigenvalue weighted by Crippen LogP contribution is -2.07. The Morgan fingerprint density at radius 3 is 2.42 bits per heavy atom. The SMILES string of the molecule is CC(C)c1ccccc(=O)c1N. The lowest BCUT2D eigenvalue weighted by Gasteiger charge is -2.03. The first kappa shape index (κ1) is 8.78. The summed E-state index contributed by atoms with van der Waals surface area (Å²) in [7, 11) is 0. The van der Waals surface area contributed by atoms with E-state index < -0.39 is 0 Å². The summed E-state index contributed by atoms with van der Waals surface area (Å²) in [4.78, 5) is 11.2. The maximum Gasteiger partial charge on any atom is 0.201 e. The summed E-state index contributed by atoms with van der Waals surface area (Å²) in [5.41, 5.74) is 6.85. The highest BCUT2D eigenvalue weighted by atomic mass is 16.1. The standard InChI is InChI=1S/C10H13NO/c1-7(2)8-5-3-4-6-9(12)10(8)11/h3-7H,1-2H3,(H2,11,12). The molecule has 0 bridgehead atoms. The Morgan fingerprint density at radius 2 is 1.83 bits per heavy atom. The van der Waals surface area contributed by atoms with E-state index in [1.54, 1.807) is 6.07 Å². The third-order valence-electron chi connectivity index (χ3n) is 1.83. The van der Waals surface area contributed by atoms with Crippen molar-refractivity contribution in [2.75, 3.05) is 5.73 Å². The molecular weight excluding hydrogens is 150 g/mol. The molecule has 1 aromatic rings. The van der Waals surface area contributed by atoms with E-state index in [-0.39, 0.29) is 5.43 Å². The Bertz CT molecular complexity index is 331. The molecule has 0 radical (unpaired) electrons. The van der Waals surface area contributed by atoms with Crippen LogP contribution in [0.4, 0.5) is 5.69 Å².